The molecule has 4 aromatic rings. The Hall–Kier alpha value is -3.32. The summed E-state index contributed by atoms with van der Waals surface area (Å²) in [7, 11) is 0. The third kappa shape index (κ3) is 2.90. The highest BCUT2D eigenvalue weighted by atomic mass is 19.1. The molecule has 0 amide bonds. The van der Waals surface area contributed by atoms with Gasteiger partial charge in [0.15, 0.2) is 0 Å². The number of benzene rings is 2. The molecule has 5 rings (SSSR count). The molecule has 0 spiro atoms. The van der Waals surface area contributed by atoms with Gasteiger partial charge in [-0.3, -0.25) is 9.89 Å². The first kappa shape index (κ1) is 16.8. The maximum absolute atomic E-state index is 13.3. The Kier molecular flexibility index (Phi) is 4.02. The van der Waals surface area contributed by atoms with Crippen LogP contribution in [0.4, 0.5) is 4.39 Å². The number of aromatic amines is 2. The van der Waals surface area contributed by atoms with Crippen LogP contribution in [0.5, 0.6) is 0 Å². The smallest absolute Gasteiger partial charge is 0.258 e. The van der Waals surface area contributed by atoms with Gasteiger partial charge in [0, 0.05) is 36.7 Å². The highest BCUT2D eigenvalue weighted by Gasteiger charge is 2.31. The first-order valence-corrected chi connectivity index (χ1v) is 9.18. The first-order chi connectivity index (χ1) is 13.7. The van der Waals surface area contributed by atoms with E-state index >= 15 is 0 Å². The number of nitrogens with zero attached hydrogens (tertiary/aromatic N) is 2. The van der Waals surface area contributed by atoms with E-state index in [4.69, 9.17) is 4.98 Å². The van der Waals surface area contributed by atoms with Crippen LogP contribution in [0.15, 0.2) is 59.7 Å². The van der Waals surface area contributed by atoms with E-state index in [-0.39, 0.29) is 23.2 Å². The Morgan fingerprint density at radius 3 is 2.61 bits per heavy atom. The van der Waals surface area contributed by atoms with Crippen LogP contribution >= 0.6 is 0 Å². The lowest BCUT2D eigenvalue weighted by atomic mass is 9.88. The number of halogens is 1. The second-order valence-corrected chi connectivity index (χ2v) is 7.09. The van der Waals surface area contributed by atoms with E-state index < -0.39 is 0 Å². The lowest BCUT2D eigenvalue weighted by Crippen LogP contribution is -2.19. The molecule has 28 heavy (non-hydrogen) atoms. The van der Waals surface area contributed by atoms with E-state index in [1.54, 1.807) is 24.5 Å². The van der Waals surface area contributed by atoms with Crippen LogP contribution in [0, 0.1) is 5.82 Å². The summed E-state index contributed by atoms with van der Waals surface area (Å²) in [6, 6.07) is 12.2. The topological polar surface area (TPSA) is 86.5 Å². The van der Waals surface area contributed by atoms with Crippen molar-refractivity contribution in [2.75, 3.05) is 13.1 Å². The van der Waals surface area contributed by atoms with Crippen LogP contribution < -0.4 is 10.9 Å². The zero-order valence-corrected chi connectivity index (χ0v) is 14.9. The molecule has 6 nitrogen and oxygen atoms in total. The lowest BCUT2D eigenvalue weighted by molar-refractivity contribution is 0.612. The lowest BCUT2D eigenvalue weighted by Gasteiger charge is -2.18. The average molecular weight is 375 g/mol. The zero-order chi connectivity index (χ0) is 19.1. The van der Waals surface area contributed by atoms with Gasteiger partial charge in [0.2, 0.25) is 0 Å². The van der Waals surface area contributed by atoms with E-state index in [9.17, 15) is 9.18 Å². The van der Waals surface area contributed by atoms with Crippen LogP contribution in [0.3, 0.4) is 0 Å². The first-order valence-electron chi connectivity index (χ1n) is 9.18. The molecule has 2 aromatic heterocycles. The molecule has 0 radical (unpaired) electrons. The van der Waals surface area contributed by atoms with Gasteiger partial charge in [-0.05, 0) is 35.4 Å². The molecule has 140 valence electrons. The van der Waals surface area contributed by atoms with Gasteiger partial charge in [0.25, 0.3) is 5.56 Å². The van der Waals surface area contributed by atoms with Crippen molar-refractivity contribution in [1.82, 2.24) is 25.5 Å². The number of hydrogen-bond donors (Lipinski definition) is 3. The predicted octanol–water partition coefficient (Wildman–Crippen LogP) is 2.92. The third-order valence-corrected chi connectivity index (χ3v) is 5.42. The minimum atomic E-state index is -0.253. The van der Waals surface area contributed by atoms with Crippen LogP contribution in [0.2, 0.25) is 0 Å². The Bertz CT molecular complexity index is 1180. The minimum absolute atomic E-state index is 0.0242. The van der Waals surface area contributed by atoms with Gasteiger partial charge < -0.3 is 10.3 Å². The number of hydrogen-bond acceptors (Lipinski definition) is 4. The van der Waals surface area contributed by atoms with Crippen molar-refractivity contribution in [3.63, 3.8) is 0 Å². The quantitative estimate of drug-likeness (QED) is 0.514. The van der Waals surface area contributed by atoms with Crippen LogP contribution in [-0.2, 0) is 0 Å². The van der Waals surface area contributed by atoms with Gasteiger partial charge in [-0.25, -0.2) is 9.37 Å². The summed E-state index contributed by atoms with van der Waals surface area (Å²) in [5.74, 6) is 0.562. The van der Waals surface area contributed by atoms with E-state index in [2.05, 4.69) is 20.5 Å². The molecule has 2 aromatic carbocycles. The number of rotatable bonds is 3. The van der Waals surface area contributed by atoms with E-state index in [1.807, 2.05) is 18.2 Å². The largest absolute Gasteiger partial charge is 0.315 e. The molecule has 2 unspecified atom stereocenters. The molecule has 1 aliphatic rings. The summed E-state index contributed by atoms with van der Waals surface area (Å²) in [6.45, 7) is 1.47. The molecule has 0 bridgehead atoms. The molecule has 1 fully saturated rings. The van der Waals surface area contributed by atoms with Crippen LogP contribution in [0.25, 0.3) is 22.0 Å². The summed E-state index contributed by atoms with van der Waals surface area (Å²) in [5.41, 5.74) is 3.37. The summed E-state index contributed by atoms with van der Waals surface area (Å²) in [5, 5.41) is 10.6. The maximum Gasteiger partial charge on any atom is 0.258 e. The highest BCUT2D eigenvalue weighted by molar-refractivity contribution is 5.83. The number of fused-ring (bicyclic) bond motifs is 1. The van der Waals surface area contributed by atoms with E-state index in [1.165, 1.54) is 12.1 Å². The highest BCUT2D eigenvalue weighted by Crippen LogP contribution is 2.34. The van der Waals surface area contributed by atoms with Crippen molar-refractivity contribution >= 4 is 10.9 Å². The fraction of sp³-hybridized carbons (Fsp3) is 0.190. The minimum Gasteiger partial charge on any atom is -0.315 e. The van der Waals surface area contributed by atoms with Gasteiger partial charge in [-0.1, -0.05) is 18.2 Å². The molecule has 1 saturated heterocycles. The number of H-pyrrole nitrogens is 2. The zero-order valence-electron chi connectivity index (χ0n) is 14.9. The van der Waals surface area contributed by atoms with Gasteiger partial charge in [-0.2, -0.15) is 5.10 Å². The number of aromatic nitrogens is 4. The van der Waals surface area contributed by atoms with Crippen LogP contribution in [0.1, 0.15) is 23.2 Å². The van der Waals surface area contributed by atoms with Gasteiger partial charge in [0.05, 0.1) is 17.1 Å². The SMILES string of the molecule is O=c1[nH]c(C2CNCC2c2ccc(F)cc2)nc2ccc(-c3cn[nH]c3)cc12. The fourth-order valence-electron chi connectivity index (χ4n) is 3.95. The fourth-order valence-corrected chi connectivity index (χ4v) is 3.95. The molecule has 3 N–H and O–H groups in total. The Labute approximate surface area is 159 Å². The molecule has 1 aliphatic heterocycles. The third-order valence-electron chi connectivity index (χ3n) is 5.42. The molecule has 7 heteroatoms. The Morgan fingerprint density at radius 2 is 1.82 bits per heavy atom. The second kappa shape index (κ2) is 6.69. The Balaban J connectivity index is 1.54. The molecular formula is C21H18FN5O. The summed E-state index contributed by atoms with van der Waals surface area (Å²) >= 11 is 0. The molecule has 3 heterocycles. The monoisotopic (exact) mass is 375 g/mol. The van der Waals surface area contributed by atoms with Crippen molar-refractivity contribution in [2.24, 2.45) is 0 Å². The van der Waals surface area contributed by atoms with Crippen molar-refractivity contribution < 1.29 is 4.39 Å². The number of nitrogens with one attached hydrogen (secondary N) is 3. The molecular weight excluding hydrogens is 357 g/mol. The van der Waals surface area contributed by atoms with Crippen molar-refractivity contribution in [1.29, 1.82) is 0 Å². The van der Waals surface area contributed by atoms with E-state index in [0.29, 0.717) is 23.3 Å². The van der Waals surface area contributed by atoms with Crippen molar-refractivity contribution in [2.45, 2.75) is 11.8 Å². The Morgan fingerprint density at radius 1 is 1.00 bits per heavy atom. The van der Waals surface area contributed by atoms with Gasteiger partial charge in [-0.15, -0.1) is 0 Å². The van der Waals surface area contributed by atoms with Gasteiger partial charge >= 0.3 is 0 Å². The molecule has 2 atom stereocenters. The second-order valence-electron chi connectivity index (χ2n) is 7.09. The molecule has 0 aliphatic carbocycles. The van der Waals surface area contributed by atoms with Crippen molar-refractivity contribution in [3.8, 4) is 11.1 Å². The predicted molar refractivity (Wildman–Crippen MR) is 105 cm³/mol. The summed E-state index contributed by atoms with van der Waals surface area (Å²) in [4.78, 5) is 20.5. The van der Waals surface area contributed by atoms with Gasteiger partial charge in [0.1, 0.15) is 11.6 Å². The molecule has 0 saturated carbocycles. The standard InChI is InChI=1S/C21H18FN5O/c22-15-4-1-12(2-5-15)17-10-23-11-18(17)20-26-19-6-3-13(14-8-24-25-9-14)7-16(19)21(28)27-20/h1-9,17-18,23H,10-11H2,(H,24,25)(H,26,27,28). The van der Waals surface area contributed by atoms with Crippen molar-refractivity contribution in [3.05, 3.63) is 82.4 Å². The maximum atomic E-state index is 13.3. The van der Waals surface area contributed by atoms with Crippen LogP contribution in [-0.4, -0.2) is 33.3 Å². The summed E-state index contributed by atoms with van der Waals surface area (Å²) < 4.78 is 13.3. The normalized spacial score (nSPS) is 19.3. The average Bonchev–Trinajstić information content (AvgIpc) is 3.40. The van der Waals surface area contributed by atoms with E-state index in [0.717, 1.165) is 23.2 Å². The summed E-state index contributed by atoms with van der Waals surface area (Å²) in [6.07, 6.45) is 3.50.